The largest absolute Gasteiger partial charge is 0.465 e. The van der Waals surface area contributed by atoms with Gasteiger partial charge in [-0.15, -0.1) is 0 Å². The van der Waals surface area contributed by atoms with Crippen molar-refractivity contribution in [2.24, 2.45) is 34.5 Å². The van der Waals surface area contributed by atoms with Gasteiger partial charge in [-0.3, -0.25) is 14.3 Å². The molecule has 0 radical (unpaired) electrons. The third kappa shape index (κ3) is 2.39. The van der Waals surface area contributed by atoms with E-state index >= 15 is 0 Å². The summed E-state index contributed by atoms with van der Waals surface area (Å²) in [7, 11) is 0. The fourth-order valence-corrected chi connectivity index (χ4v) is 8.65. The Morgan fingerprint density at radius 3 is 2.41 bits per heavy atom. The minimum atomic E-state index is -1.48. The maximum Gasteiger partial charge on any atom is 0.314 e. The van der Waals surface area contributed by atoms with Crippen LogP contribution in [-0.4, -0.2) is 63.9 Å². The van der Waals surface area contributed by atoms with Crippen LogP contribution in [0.15, 0.2) is 0 Å². The lowest BCUT2D eigenvalue weighted by Gasteiger charge is -2.62. The third-order valence-electron chi connectivity index (χ3n) is 10.6. The van der Waals surface area contributed by atoms with Crippen LogP contribution >= 0.6 is 0 Å². The summed E-state index contributed by atoms with van der Waals surface area (Å²) < 4.78 is 31.3. The molecule has 9 nitrogen and oxygen atoms in total. The van der Waals surface area contributed by atoms with Crippen molar-refractivity contribution in [2.75, 3.05) is 6.61 Å². The first-order valence-corrected chi connectivity index (χ1v) is 12.5. The maximum absolute atomic E-state index is 12.8. The summed E-state index contributed by atoms with van der Waals surface area (Å²) in [6.45, 7) is 11.3. The van der Waals surface area contributed by atoms with Gasteiger partial charge < -0.3 is 29.2 Å². The molecule has 5 saturated heterocycles. The van der Waals surface area contributed by atoms with Gasteiger partial charge >= 0.3 is 11.9 Å². The molecule has 0 amide bonds. The molecule has 0 aromatic carbocycles. The fourth-order valence-electron chi connectivity index (χ4n) is 8.65. The maximum atomic E-state index is 12.8. The highest BCUT2D eigenvalue weighted by atomic mass is 17.0. The molecule has 6 fully saturated rings. The molecule has 6 rings (SSSR count). The van der Waals surface area contributed by atoms with Crippen molar-refractivity contribution >= 4 is 11.9 Å². The molecular weight excluding hydrogens is 444 g/mol. The number of aliphatic hydroxyl groups excluding tert-OH is 1. The van der Waals surface area contributed by atoms with Crippen molar-refractivity contribution in [1.29, 1.82) is 0 Å². The molecule has 6 aliphatic rings. The Morgan fingerprint density at radius 2 is 1.79 bits per heavy atom. The van der Waals surface area contributed by atoms with E-state index in [1.165, 1.54) is 0 Å². The average molecular weight is 481 g/mol. The molecule has 0 aromatic heterocycles. The van der Waals surface area contributed by atoms with Crippen molar-refractivity contribution in [1.82, 2.24) is 0 Å². The second-order valence-corrected chi connectivity index (χ2v) is 12.6. The molecule has 0 unspecified atom stereocenters. The smallest absolute Gasteiger partial charge is 0.314 e. The van der Waals surface area contributed by atoms with Crippen LogP contribution in [-0.2, 0) is 33.3 Å². The van der Waals surface area contributed by atoms with Crippen molar-refractivity contribution < 1.29 is 43.5 Å². The monoisotopic (exact) mass is 480 g/mol. The SMILES string of the molecule is C[C@H]1[C@@H](O)C[C@@H](C(C)(C)O)[C@]2(CCC(=O)OC2)[C@]12C[C@]1(C)[C@@H](C)[C@H]3C(=O)O[C@@]4(C)O[C@@]1(O[C@@H]34)O2. The number of hydrogen-bond acceptors (Lipinski definition) is 9. The summed E-state index contributed by atoms with van der Waals surface area (Å²) in [5.74, 6) is -4.78. The highest BCUT2D eigenvalue weighted by Gasteiger charge is 2.86. The summed E-state index contributed by atoms with van der Waals surface area (Å²) in [5, 5.41) is 22.6. The van der Waals surface area contributed by atoms with Crippen LogP contribution in [0.3, 0.4) is 0 Å². The van der Waals surface area contributed by atoms with Gasteiger partial charge in [0, 0.05) is 30.6 Å². The van der Waals surface area contributed by atoms with Gasteiger partial charge in [0.2, 0.25) is 5.79 Å². The van der Waals surface area contributed by atoms with Crippen LogP contribution in [0.5, 0.6) is 0 Å². The Labute approximate surface area is 199 Å². The summed E-state index contributed by atoms with van der Waals surface area (Å²) in [5.41, 5.74) is -3.71. The number of carbonyl (C=O) groups excluding carboxylic acids is 2. The molecule has 0 aromatic rings. The van der Waals surface area contributed by atoms with Crippen LogP contribution in [0.1, 0.15) is 67.2 Å². The Hall–Kier alpha value is -1.26. The first-order chi connectivity index (χ1) is 15.6. The van der Waals surface area contributed by atoms with Crippen LogP contribution in [0.2, 0.25) is 0 Å². The van der Waals surface area contributed by atoms with Crippen molar-refractivity contribution in [3.8, 4) is 0 Å². The number of carbonyl (C=O) groups is 2. The predicted octanol–water partition coefficient (Wildman–Crippen LogP) is 1.87. The Kier molecular flexibility index (Phi) is 4.32. The minimum Gasteiger partial charge on any atom is -0.465 e. The lowest BCUT2D eigenvalue weighted by atomic mass is 9.46. The molecular formula is C25H36O9. The molecule has 5 aliphatic heterocycles. The molecule has 34 heavy (non-hydrogen) atoms. The lowest BCUT2D eigenvalue weighted by Crippen LogP contribution is -2.70. The number of esters is 2. The van der Waals surface area contributed by atoms with Gasteiger partial charge in [0.05, 0.1) is 28.6 Å². The molecule has 2 bridgehead atoms. The van der Waals surface area contributed by atoms with Crippen molar-refractivity contribution in [2.45, 2.75) is 102 Å². The van der Waals surface area contributed by atoms with Crippen LogP contribution in [0.25, 0.3) is 0 Å². The van der Waals surface area contributed by atoms with Gasteiger partial charge in [-0.25, -0.2) is 0 Å². The van der Waals surface area contributed by atoms with E-state index in [0.717, 1.165) is 0 Å². The number of hydrogen-bond donors (Lipinski definition) is 2. The number of fused-ring (bicyclic) bond motifs is 1. The van der Waals surface area contributed by atoms with Crippen LogP contribution < -0.4 is 0 Å². The fraction of sp³-hybridized carbons (Fsp3) is 0.920. The van der Waals surface area contributed by atoms with Crippen molar-refractivity contribution in [3.63, 3.8) is 0 Å². The van der Waals surface area contributed by atoms with E-state index in [0.29, 0.717) is 19.3 Å². The summed E-state index contributed by atoms with van der Waals surface area (Å²) in [6.07, 6.45) is 0.100. The van der Waals surface area contributed by atoms with Crippen LogP contribution in [0, 0.1) is 34.5 Å². The van der Waals surface area contributed by atoms with Gasteiger partial charge in [-0.2, -0.15) is 0 Å². The van der Waals surface area contributed by atoms with Gasteiger partial charge in [-0.05, 0) is 39.0 Å². The van der Waals surface area contributed by atoms with Gasteiger partial charge in [0.25, 0.3) is 5.97 Å². The molecule has 11 atom stereocenters. The zero-order valence-corrected chi connectivity index (χ0v) is 20.8. The van der Waals surface area contributed by atoms with Crippen LogP contribution in [0.4, 0.5) is 0 Å². The van der Waals surface area contributed by atoms with E-state index in [-0.39, 0.29) is 36.8 Å². The molecule has 2 N–H and O–H groups in total. The molecule has 1 saturated carbocycles. The van der Waals surface area contributed by atoms with Gasteiger partial charge in [-0.1, -0.05) is 20.8 Å². The minimum absolute atomic E-state index is 0.0810. The second kappa shape index (κ2) is 6.35. The zero-order valence-electron chi connectivity index (χ0n) is 20.8. The first kappa shape index (κ1) is 23.2. The van der Waals surface area contributed by atoms with Gasteiger partial charge in [0.1, 0.15) is 12.7 Å². The molecule has 3 spiro atoms. The highest BCUT2D eigenvalue weighted by molar-refractivity contribution is 5.77. The molecule has 5 heterocycles. The third-order valence-corrected chi connectivity index (χ3v) is 10.6. The summed E-state index contributed by atoms with van der Waals surface area (Å²) in [6, 6.07) is 0. The van der Waals surface area contributed by atoms with E-state index in [1.807, 2.05) is 20.8 Å². The molecule has 1 aliphatic carbocycles. The number of aliphatic hydroxyl groups is 2. The molecule has 190 valence electrons. The second-order valence-electron chi connectivity index (χ2n) is 12.6. The number of rotatable bonds is 1. The van der Waals surface area contributed by atoms with E-state index in [9.17, 15) is 19.8 Å². The van der Waals surface area contributed by atoms with E-state index < -0.39 is 57.8 Å². The Bertz CT molecular complexity index is 949. The lowest BCUT2D eigenvalue weighted by molar-refractivity contribution is -0.437. The van der Waals surface area contributed by atoms with Crippen molar-refractivity contribution in [3.05, 3.63) is 0 Å². The summed E-state index contributed by atoms with van der Waals surface area (Å²) in [4.78, 5) is 25.0. The number of ether oxygens (including phenoxy) is 5. The Morgan fingerprint density at radius 1 is 1.09 bits per heavy atom. The highest BCUT2D eigenvalue weighted by Crippen LogP contribution is 2.75. The van der Waals surface area contributed by atoms with E-state index in [4.69, 9.17) is 23.7 Å². The number of cyclic esters (lactones) is 1. The topological polar surface area (TPSA) is 121 Å². The van der Waals surface area contributed by atoms with E-state index in [1.54, 1.807) is 20.8 Å². The quantitative estimate of drug-likeness (QED) is 0.542. The van der Waals surface area contributed by atoms with Gasteiger partial charge in [0.15, 0.2) is 0 Å². The van der Waals surface area contributed by atoms with E-state index in [2.05, 4.69) is 0 Å². The Balaban J connectivity index is 1.54. The predicted molar refractivity (Wildman–Crippen MR) is 115 cm³/mol. The normalized spacial score (nSPS) is 58.2. The standard InChI is InChI=1S/C25H36O9/c1-12-14(26)9-15(20(3,4)29)23(8-7-16(27)30-11-23)24(12)10-21(5)13(2)17-18-22(6,32-19(17)28)33-25(21,31-18)34-24/h12-15,17-18,26,29H,7-11H2,1-6H3/t12-,13-,14-,15-,17+,18-,21+,22-,23+,24-,25+/m0/s1. The zero-order chi connectivity index (χ0) is 24.7. The first-order valence-electron chi connectivity index (χ1n) is 12.5. The summed E-state index contributed by atoms with van der Waals surface area (Å²) >= 11 is 0. The average Bonchev–Trinajstić information content (AvgIpc) is 3.25. The molecule has 9 heteroatoms.